The van der Waals surface area contributed by atoms with Gasteiger partial charge in [-0.3, -0.25) is 4.79 Å². The Hall–Kier alpha value is -1.66. The Kier molecular flexibility index (Phi) is 9.52. The summed E-state index contributed by atoms with van der Waals surface area (Å²) in [6.07, 6.45) is 0. The van der Waals surface area contributed by atoms with Crippen LogP contribution < -0.4 is 16.4 Å². The zero-order valence-corrected chi connectivity index (χ0v) is 10.4. The number of carbonyl (C=O) groups is 1. The van der Waals surface area contributed by atoms with Crippen molar-refractivity contribution in [2.75, 3.05) is 31.9 Å². The number of halogens is 1. The van der Waals surface area contributed by atoms with E-state index in [1.165, 1.54) is 12.1 Å². The Balaban J connectivity index is 0.000000257. The molecule has 1 aromatic rings. The van der Waals surface area contributed by atoms with Crippen molar-refractivity contribution in [1.82, 2.24) is 10.6 Å². The van der Waals surface area contributed by atoms with E-state index in [2.05, 4.69) is 10.6 Å². The van der Waals surface area contributed by atoms with Gasteiger partial charge in [0.15, 0.2) is 0 Å². The molecule has 0 radical (unpaired) electrons. The summed E-state index contributed by atoms with van der Waals surface area (Å²) >= 11 is 0. The van der Waals surface area contributed by atoms with Gasteiger partial charge in [0.25, 0.3) is 5.97 Å². The number of carboxylic acid groups (broad SMARTS) is 1. The van der Waals surface area contributed by atoms with Crippen LogP contribution in [0.4, 0.5) is 10.1 Å². The van der Waals surface area contributed by atoms with Crippen LogP contribution in [0.3, 0.4) is 0 Å². The average molecular weight is 257 g/mol. The second-order valence-corrected chi connectivity index (χ2v) is 3.57. The fourth-order valence-corrected chi connectivity index (χ4v) is 1.11. The standard InChI is InChI=1S/C6H6FN.C4H10N2.C2H4O2/c7-5-2-1-3-6(8)4-5;1-2-6-4-3-5-1;1-2(3)4/h1-4H,8H2;5-6H,1-4H2;1H3,(H,3,4). The zero-order chi connectivity index (χ0) is 13.8. The number of rotatable bonds is 0. The second-order valence-electron chi connectivity index (χ2n) is 3.57. The molecule has 0 saturated carbocycles. The largest absolute Gasteiger partial charge is 0.481 e. The molecule has 0 aromatic heterocycles. The van der Waals surface area contributed by atoms with Crippen molar-refractivity contribution in [3.05, 3.63) is 30.1 Å². The van der Waals surface area contributed by atoms with E-state index in [1.54, 1.807) is 12.1 Å². The van der Waals surface area contributed by atoms with Crippen LogP contribution in [-0.4, -0.2) is 37.3 Å². The first-order valence-corrected chi connectivity index (χ1v) is 5.64. The molecule has 0 atom stereocenters. The van der Waals surface area contributed by atoms with E-state index in [9.17, 15) is 4.39 Å². The highest BCUT2D eigenvalue weighted by Gasteiger charge is 1.91. The van der Waals surface area contributed by atoms with Gasteiger partial charge in [-0.1, -0.05) is 6.07 Å². The van der Waals surface area contributed by atoms with Crippen LogP contribution in [0.5, 0.6) is 0 Å². The highest BCUT2D eigenvalue weighted by molar-refractivity contribution is 5.62. The summed E-state index contributed by atoms with van der Waals surface area (Å²) in [6.45, 7) is 5.64. The highest BCUT2D eigenvalue weighted by atomic mass is 19.1. The molecule has 1 aliphatic rings. The summed E-state index contributed by atoms with van der Waals surface area (Å²) < 4.78 is 12.1. The molecular weight excluding hydrogens is 237 g/mol. The number of nitrogen functional groups attached to an aromatic ring is 1. The van der Waals surface area contributed by atoms with Crippen LogP contribution in [0.1, 0.15) is 6.92 Å². The van der Waals surface area contributed by atoms with E-state index >= 15 is 0 Å². The monoisotopic (exact) mass is 257 g/mol. The lowest BCUT2D eigenvalue weighted by molar-refractivity contribution is -0.134. The molecule has 6 heteroatoms. The number of hydrogen-bond donors (Lipinski definition) is 4. The topological polar surface area (TPSA) is 87.4 Å². The number of hydrogen-bond acceptors (Lipinski definition) is 4. The first-order valence-electron chi connectivity index (χ1n) is 5.64. The fraction of sp³-hybridized carbons (Fsp3) is 0.417. The minimum Gasteiger partial charge on any atom is -0.481 e. The molecule has 18 heavy (non-hydrogen) atoms. The van der Waals surface area contributed by atoms with Crippen molar-refractivity contribution in [2.45, 2.75) is 6.92 Å². The third-order valence-corrected chi connectivity index (χ3v) is 1.81. The zero-order valence-electron chi connectivity index (χ0n) is 10.4. The van der Waals surface area contributed by atoms with Gasteiger partial charge in [0.1, 0.15) is 5.82 Å². The SMILES string of the molecule is C1CNCCN1.CC(=O)O.Nc1cccc(F)c1. The van der Waals surface area contributed by atoms with Crippen molar-refractivity contribution in [1.29, 1.82) is 0 Å². The molecule has 0 unspecified atom stereocenters. The summed E-state index contributed by atoms with van der Waals surface area (Å²) in [5.74, 6) is -1.12. The van der Waals surface area contributed by atoms with Gasteiger partial charge in [-0.2, -0.15) is 0 Å². The van der Waals surface area contributed by atoms with Crippen LogP contribution in [0.2, 0.25) is 0 Å². The summed E-state index contributed by atoms with van der Waals surface area (Å²) in [5.41, 5.74) is 5.68. The van der Waals surface area contributed by atoms with Gasteiger partial charge in [-0.05, 0) is 18.2 Å². The third kappa shape index (κ3) is 12.4. The third-order valence-electron chi connectivity index (χ3n) is 1.81. The van der Waals surface area contributed by atoms with Gasteiger partial charge in [0, 0.05) is 38.8 Å². The van der Waals surface area contributed by atoms with Crippen molar-refractivity contribution in [3.63, 3.8) is 0 Å². The Morgan fingerprint density at radius 1 is 1.28 bits per heavy atom. The minimum atomic E-state index is -0.833. The molecule has 0 amide bonds. The van der Waals surface area contributed by atoms with Gasteiger partial charge in [0.2, 0.25) is 0 Å². The molecule has 0 aliphatic carbocycles. The van der Waals surface area contributed by atoms with Gasteiger partial charge >= 0.3 is 0 Å². The number of nitrogens with two attached hydrogens (primary N) is 1. The van der Waals surface area contributed by atoms with Gasteiger partial charge in [-0.25, -0.2) is 4.39 Å². The molecule has 2 rings (SSSR count). The van der Waals surface area contributed by atoms with Crippen LogP contribution in [0, 0.1) is 5.82 Å². The van der Waals surface area contributed by atoms with E-state index in [4.69, 9.17) is 15.6 Å². The molecule has 1 saturated heterocycles. The lowest BCUT2D eigenvalue weighted by atomic mass is 10.3. The second kappa shape index (κ2) is 10.5. The lowest BCUT2D eigenvalue weighted by Crippen LogP contribution is -2.39. The molecule has 1 fully saturated rings. The van der Waals surface area contributed by atoms with E-state index in [-0.39, 0.29) is 5.82 Å². The van der Waals surface area contributed by atoms with E-state index in [0.29, 0.717) is 5.69 Å². The van der Waals surface area contributed by atoms with Crippen molar-refractivity contribution in [3.8, 4) is 0 Å². The number of anilines is 1. The van der Waals surface area contributed by atoms with Crippen molar-refractivity contribution in [2.24, 2.45) is 0 Å². The Morgan fingerprint density at radius 3 is 1.94 bits per heavy atom. The van der Waals surface area contributed by atoms with Crippen LogP contribution in [0.25, 0.3) is 0 Å². The maximum absolute atomic E-state index is 12.1. The fourth-order valence-electron chi connectivity index (χ4n) is 1.11. The van der Waals surface area contributed by atoms with Crippen LogP contribution in [-0.2, 0) is 4.79 Å². The van der Waals surface area contributed by atoms with Gasteiger partial charge < -0.3 is 21.5 Å². The quantitative estimate of drug-likeness (QED) is 0.513. The predicted octanol–water partition coefficient (Wildman–Crippen LogP) is 0.678. The van der Waals surface area contributed by atoms with E-state index in [1.807, 2.05) is 0 Å². The number of aliphatic carboxylic acids is 1. The van der Waals surface area contributed by atoms with Gasteiger partial charge in [-0.15, -0.1) is 0 Å². The Bertz CT molecular complexity index is 311. The molecule has 1 heterocycles. The van der Waals surface area contributed by atoms with Crippen LogP contribution in [0.15, 0.2) is 24.3 Å². The predicted molar refractivity (Wildman–Crippen MR) is 69.9 cm³/mol. The number of piperazine rings is 1. The average Bonchev–Trinajstić information content (AvgIpc) is 2.31. The maximum Gasteiger partial charge on any atom is 0.300 e. The normalized spacial score (nSPS) is 13.4. The molecule has 5 nitrogen and oxygen atoms in total. The van der Waals surface area contributed by atoms with E-state index < -0.39 is 5.97 Å². The molecule has 102 valence electrons. The molecule has 0 bridgehead atoms. The molecule has 5 N–H and O–H groups in total. The first-order chi connectivity index (χ1) is 8.52. The number of nitrogens with one attached hydrogen (secondary N) is 2. The minimum absolute atomic E-state index is 0.287. The molecule has 1 aliphatic heterocycles. The van der Waals surface area contributed by atoms with Crippen molar-refractivity contribution >= 4 is 11.7 Å². The Morgan fingerprint density at radius 2 is 1.72 bits per heavy atom. The van der Waals surface area contributed by atoms with Gasteiger partial charge in [0.05, 0.1) is 0 Å². The Labute approximate surface area is 106 Å². The van der Waals surface area contributed by atoms with Crippen molar-refractivity contribution < 1.29 is 14.3 Å². The summed E-state index contributed by atoms with van der Waals surface area (Å²) in [4.78, 5) is 9.00. The molecular formula is C12H20FN3O2. The molecule has 0 spiro atoms. The molecule has 1 aromatic carbocycles. The summed E-state index contributed by atoms with van der Waals surface area (Å²) in [5, 5.41) is 13.9. The smallest absolute Gasteiger partial charge is 0.300 e. The summed E-state index contributed by atoms with van der Waals surface area (Å²) in [6, 6.07) is 5.85. The highest BCUT2D eigenvalue weighted by Crippen LogP contribution is 2.02. The first kappa shape index (κ1) is 16.3. The number of carboxylic acids is 1. The van der Waals surface area contributed by atoms with Crippen LogP contribution >= 0.6 is 0 Å². The maximum atomic E-state index is 12.1. The lowest BCUT2D eigenvalue weighted by Gasteiger charge is -2.11. The summed E-state index contributed by atoms with van der Waals surface area (Å²) in [7, 11) is 0. The van der Waals surface area contributed by atoms with E-state index in [0.717, 1.165) is 33.1 Å². The number of benzene rings is 1.